The van der Waals surface area contributed by atoms with Crippen LogP contribution in [0.4, 0.5) is 10.1 Å². The highest BCUT2D eigenvalue weighted by Crippen LogP contribution is 2.49. The van der Waals surface area contributed by atoms with Crippen molar-refractivity contribution in [1.29, 1.82) is 0 Å². The summed E-state index contributed by atoms with van der Waals surface area (Å²) in [6.07, 6.45) is 3.76. The number of likely N-dealkylation sites (N-methyl/N-ethyl adjacent to an activating group) is 1. The number of nitrogens with zero attached hydrogens (tertiary/aromatic N) is 2. The number of benzene rings is 1. The van der Waals surface area contributed by atoms with E-state index in [1.807, 2.05) is 13.1 Å². The third-order valence-corrected chi connectivity index (χ3v) is 5.61. The number of fused-ring (bicyclic) bond motifs is 1. The minimum atomic E-state index is -0.496. The van der Waals surface area contributed by atoms with E-state index in [-0.39, 0.29) is 11.3 Å². The second kappa shape index (κ2) is 5.52. The first-order chi connectivity index (χ1) is 11.9. The normalized spacial score (nSPS) is 19.3. The number of anilines is 1. The van der Waals surface area contributed by atoms with Gasteiger partial charge >= 0.3 is 0 Å². The fraction of sp³-hybridized carbons (Fsp3) is 0.167. The summed E-state index contributed by atoms with van der Waals surface area (Å²) in [7, 11) is 1.84. The summed E-state index contributed by atoms with van der Waals surface area (Å²) in [5.41, 5.74) is 7.67. The van der Waals surface area contributed by atoms with E-state index in [1.165, 1.54) is 12.1 Å². The van der Waals surface area contributed by atoms with Crippen LogP contribution >= 0.6 is 11.3 Å². The maximum atomic E-state index is 14.0. The van der Waals surface area contributed by atoms with E-state index >= 15 is 0 Å². The quantitative estimate of drug-likeness (QED) is 0.423. The maximum absolute atomic E-state index is 14.0. The lowest BCUT2D eigenvalue weighted by molar-refractivity contribution is 0.277. The molecular formula is C18H17FN4OS. The Balaban J connectivity index is 1.70. The van der Waals surface area contributed by atoms with Crippen LogP contribution in [0.1, 0.15) is 11.8 Å². The van der Waals surface area contributed by atoms with E-state index in [1.54, 1.807) is 34.7 Å². The summed E-state index contributed by atoms with van der Waals surface area (Å²) in [6, 6.07) is 8.11. The van der Waals surface area contributed by atoms with E-state index in [2.05, 4.69) is 18.0 Å². The third-order valence-electron chi connectivity index (χ3n) is 4.44. The summed E-state index contributed by atoms with van der Waals surface area (Å²) in [6.45, 7) is 2.06. The number of hydrogen-bond acceptors (Lipinski definition) is 6. The summed E-state index contributed by atoms with van der Waals surface area (Å²) in [4.78, 5) is 5.47. The smallest absolute Gasteiger partial charge is 0.167 e. The minimum absolute atomic E-state index is 0.133. The van der Waals surface area contributed by atoms with Crippen molar-refractivity contribution in [3.8, 4) is 11.5 Å². The van der Waals surface area contributed by atoms with Gasteiger partial charge in [0.2, 0.25) is 0 Å². The number of pyridine rings is 1. The van der Waals surface area contributed by atoms with Crippen molar-refractivity contribution >= 4 is 32.8 Å². The molecule has 4 rings (SSSR count). The van der Waals surface area contributed by atoms with Crippen LogP contribution in [-0.4, -0.2) is 22.6 Å². The molecule has 4 N–H and O–H groups in total. The average Bonchev–Trinajstić information content (AvgIpc) is 3.08. The summed E-state index contributed by atoms with van der Waals surface area (Å²) < 4.78 is 20.7. The van der Waals surface area contributed by atoms with E-state index in [4.69, 9.17) is 16.3 Å². The zero-order valence-corrected chi connectivity index (χ0v) is 14.6. The van der Waals surface area contributed by atoms with Crippen LogP contribution in [0.25, 0.3) is 15.8 Å². The summed E-state index contributed by atoms with van der Waals surface area (Å²) >= 11 is 1.56. The number of hydrogen-bond donors (Lipinski definition) is 2. The van der Waals surface area contributed by atoms with Gasteiger partial charge in [-0.3, -0.25) is 10.8 Å². The molecule has 128 valence electrons. The third kappa shape index (κ3) is 2.66. The van der Waals surface area contributed by atoms with E-state index in [0.29, 0.717) is 11.4 Å². The van der Waals surface area contributed by atoms with Crippen molar-refractivity contribution in [3.63, 3.8) is 0 Å². The molecule has 1 aromatic carbocycles. The lowest BCUT2D eigenvalue weighted by Gasteiger charge is -2.20. The van der Waals surface area contributed by atoms with E-state index in [9.17, 15) is 4.39 Å². The molecule has 0 saturated heterocycles. The number of ether oxygens (including phenoxy) is 1. The van der Waals surface area contributed by atoms with Crippen LogP contribution in [0.2, 0.25) is 0 Å². The molecule has 0 radical (unpaired) electrons. The Hall–Kier alpha value is -2.48. The number of rotatable bonds is 4. The zero-order chi connectivity index (χ0) is 17.8. The van der Waals surface area contributed by atoms with Crippen molar-refractivity contribution < 1.29 is 9.13 Å². The number of hydrazine groups is 1. The van der Waals surface area contributed by atoms with Crippen molar-refractivity contribution in [2.45, 2.75) is 12.5 Å². The molecule has 1 aliphatic rings. The van der Waals surface area contributed by atoms with Crippen molar-refractivity contribution in [3.05, 3.63) is 53.3 Å². The molecule has 1 atom stereocenters. The van der Waals surface area contributed by atoms with Gasteiger partial charge < -0.3 is 10.5 Å². The van der Waals surface area contributed by atoms with Gasteiger partial charge in [0.25, 0.3) is 0 Å². The standard InChI is InChI=1S/C18H17FN4OS/c1-18(23(2)21)9-11(18)16-8-13-17(25-16)15(5-6-22-13)24-14-4-3-10(20)7-12(14)19/h3-9H,20-21H2,1-2H3. The Morgan fingerprint density at radius 2 is 2.04 bits per heavy atom. The molecule has 7 heteroatoms. The Morgan fingerprint density at radius 3 is 2.72 bits per heavy atom. The SMILES string of the molecule is CN(N)C1(C)C=C1c1cc2nccc(Oc3ccc(N)cc3F)c2s1. The minimum Gasteiger partial charge on any atom is -0.453 e. The molecule has 0 amide bonds. The Morgan fingerprint density at radius 1 is 1.24 bits per heavy atom. The molecule has 0 aliphatic heterocycles. The van der Waals surface area contributed by atoms with E-state index in [0.717, 1.165) is 20.7 Å². The topological polar surface area (TPSA) is 77.4 Å². The lowest BCUT2D eigenvalue weighted by atomic mass is 10.2. The van der Waals surface area contributed by atoms with Gasteiger partial charge in [0, 0.05) is 35.9 Å². The van der Waals surface area contributed by atoms with Gasteiger partial charge in [-0.15, -0.1) is 11.3 Å². The van der Waals surface area contributed by atoms with Gasteiger partial charge in [-0.1, -0.05) is 6.08 Å². The first-order valence-electron chi connectivity index (χ1n) is 7.72. The monoisotopic (exact) mass is 356 g/mol. The summed E-state index contributed by atoms with van der Waals surface area (Å²) in [5.74, 6) is 6.11. The number of halogens is 1. The predicted molar refractivity (Wildman–Crippen MR) is 98.8 cm³/mol. The molecule has 1 aliphatic carbocycles. The zero-order valence-electron chi connectivity index (χ0n) is 13.8. The highest BCUT2D eigenvalue weighted by Gasteiger charge is 2.43. The first-order valence-corrected chi connectivity index (χ1v) is 8.54. The number of thiophene rings is 1. The molecule has 0 saturated carbocycles. The van der Waals surface area contributed by atoms with Gasteiger partial charge in [0.15, 0.2) is 11.6 Å². The highest BCUT2D eigenvalue weighted by atomic mass is 32.1. The second-order valence-corrected chi connectivity index (χ2v) is 7.29. The Kier molecular flexibility index (Phi) is 3.54. The molecule has 5 nitrogen and oxygen atoms in total. The van der Waals surface area contributed by atoms with Crippen LogP contribution in [0.15, 0.2) is 42.6 Å². The Labute approximate surface area is 148 Å². The molecule has 2 heterocycles. The van der Waals surface area contributed by atoms with Crippen LogP contribution in [-0.2, 0) is 0 Å². The first kappa shape index (κ1) is 16.0. The molecule has 0 bridgehead atoms. The molecule has 0 spiro atoms. The molecule has 2 aromatic heterocycles. The molecule has 25 heavy (non-hydrogen) atoms. The van der Waals surface area contributed by atoms with Crippen molar-refractivity contribution in [2.24, 2.45) is 5.84 Å². The van der Waals surface area contributed by atoms with Crippen LogP contribution in [0.3, 0.4) is 0 Å². The second-order valence-electron chi connectivity index (χ2n) is 6.24. The maximum Gasteiger partial charge on any atom is 0.167 e. The summed E-state index contributed by atoms with van der Waals surface area (Å²) in [5, 5.41) is 1.68. The highest BCUT2D eigenvalue weighted by molar-refractivity contribution is 7.20. The van der Waals surface area contributed by atoms with Crippen molar-refractivity contribution in [1.82, 2.24) is 9.99 Å². The van der Waals surface area contributed by atoms with Gasteiger partial charge in [-0.05, 0) is 30.7 Å². The average molecular weight is 356 g/mol. The van der Waals surface area contributed by atoms with Gasteiger partial charge in [0.1, 0.15) is 5.75 Å². The largest absolute Gasteiger partial charge is 0.453 e. The molecule has 0 fully saturated rings. The predicted octanol–water partition coefficient (Wildman–Crippen LogP) is 3.77. The van der Waals surface area contributed by atoms with Gasteiger partial charge in [-0.2, -0.15) is 0 Å². The molecule has 1 unspecified atom stereocenters. The fourth-order valence-corrected chi connectivity index (χ4v) is 3.90. The van der Waals surface area contributed by atoms with E-state index < -0.39 is 5.82 Å². The van der Waals surface area contributed by atoms with Gasteiger partial charge in [0.05, 0.1) is 15.8 Å². The Bertz CT molecular complexity index is 1010. The molecular weight excluding hydrogens is 339 g/mol. The fourth-order valence-electron chi connectivity index (χ4n) is 2.70. The lowest BCUT2D eigenvalue weighted by Crippen LogP contribution is -2.39. The van der Waals surface area contributed by atoms with Crippen LogP contribution in [0, 0.1) is 5.82 Å². The van der Waals surface area contributed by atoms with Crippen molar-refractivity contribution in [2.75, 3.05) is 12.8 Å². The van der Waals surface area contributed by atoms with Gasteiger partial charge in [-0.25, -0.2) is 9.40 Å². The number of nitrogen functional groups attached to an aromatic ring is 1. The van der Waals surface area contributed by atoms with Crippen LogP contribution in [0.5, 0.6) is 11.5 Å². The van der Waals surface area contributed by atoms with Crippen LogP contribution < -0.4 is 16.3 Å². The number of aromatic nitrogens is 1. The molecule has 3 aromatic rings. The number of nitrogens with two attached hydrogens (primary N) is 2.